The van der Waals surface area contributed by atoms with Crippen LogP contribution in [0.3, 0.4) is 0 Å². The Morgan fingerprint density at radius 3 is 2.50 bits per heavy atom. The van der Waals surface area contributed by atoms with Crippen molar-refractivity contribution in [3.8, 4) is 11.5 Å². The fourth-order valence-corrected chi connectivity index (χ4v) is 4.18. The molecule has 0 spiro atoms. The van der Waals surface area contributed by atoms with Crippen molar-refractivity contribution >= 4 is 27.3 Å². The maximum Gasteiger partial charge on any atom is 0.244 e. The average molecular weight is 373 g/mol. The van der Waals surface area contributed by atoms with Crippen molar-refractivity contribution in [1.82, 2.24) is 4.72 Å². The van der Waals surface area contributed by atoms with Gasteiger partial charge < -0.3 is 15.0 Å². The van der Waals surface area contributed by atoms with Crippen LogP contribution in [0.5, 0.6) is 11.5 Å². The summed E-state index contributed by atoms with van der Waals surface area (Å²) in [6.45, 7) is 1.75. The number of amides is 1. The normalized spacial score (nSPS) is 18.1. The molecule has 0 aromatic heterocycles. The predicted octanol–water partition coefficient (Wildman–Crippen LogP) is 2.66. The van der Waals surface area contributed by atoms with Crippen LogP contribution in [-0.2, 0) is 14.8 Å². The number of anilines is 2. The van der Waals surface area contributed by atoms with E-state index in [2.05, 4.69) is 14.9 Å². The van der Waals surface area contributed by atoms with E-state index in [4.69, 9.17) is 4.74 Å². The third-order valence-corrected chi connectivity index (χ3v) is 5.77. The highest BCUT2D eigenvalue weighted by atomic mass is 32.2. The van der Waals surface area contributed by atoms with Gasteiger partial charge in [0.25, 0.3) is 0 Å². The number of carbonyl (C=O) groups excluding carboxylic acids is 1. The molecule has 0 unspecified atom stereocenters. The van der Waals surface area contributed by atoms with Crippen LogP contribution in [-0.4, -0.2) is 27.0 Å². The van der Waals surface area contributed by atoms with E-state index in [1.807, 2.05) is 0 Å². The Balaban J connectivity index is 1.59. The molecule has 1 aliphatic heterocycles. The van der Waals surface area contributed by atoms with Crippen LogP contribution in [0.15, 0.2) is 47.4 Å². The lowest BCUT2D eigenvalue weighted by atomic mass is 10.2. The molecule has 1 aliphatic carbocycles. The van der Waals surface area contributed by atoms with Gasteiger partial charge in [0.05, 0.1) is 12.4 Å². The number of ether oxygens (including phenoxy) is 1. The zero-order chi connectivity index (χ0) is 18.3. The Morgan fingerprint density at radius 1 is 1.15 bits per heavy atom. The van der Waals surface area contributed by atoms with E-state index in [0.717, 1.165) is 18.5 Å². The lowest BCUT2D eigenvalue weighted by Crippen LogP contribution is -2.44. The largest absolute Gasteiger partial charge is 0.457 e. The molecule has 2 aromatic carbocycles. The van der Waals surface area contributed by atoms with Crippen LogP contribution in [0.1, 0.15) is 19.8 Å². The molecule has 1 fully saturated rings. The molecule has 26 heavy (non-hydrogen) atoms. The maximum atomic E-state index is 12.4. The summed E-state index contributed by atoms with van der Waals surface area (Å²) < 4.78 is 33.2. The van der Waals surface area contributed by atoms with Gasteiger partial charge in [0.1, 0.15) is 16.4 Å². The number of rotatable bonds is 4. The zero-order valence-corrected chi connectivity index (χ0v) is 15.0. The molecule has 0 bridgehead atoms. The Hall–Kier alpha value is -2.58. The van der Waals surface area contributed by atoms with Crippen LogP contribution in [0.25, 0.3) is 0 Å². The third kappa shape index (κ3) is 3.38. The second-order valence-corrected chi connectivity index (χ2v) is 8.18. The highest BCUT2D eigenvalue weighted by molar-refractivity contribution is 7.89. The van der Waals surface area contributed by atoms with Crippen LogP contribution in [0, 0.1) is 0 Å². The number of nitrogens with zero attached hydrogens (tertiary/aromatic N) is 1. The second-order valence-electron chi connectivity index (χ2n) is 6.44. The molecule has 2 N–H and O–H groups in total. The smallest absolute Gasteiger partial charge is 0.244 e. The SMILES string of the molecule is CC(=O)Nc1ccc(Oc2ccc3c(c2)S(=O)(=O)NCN3C2CC2)cc1. The van der Waals surface area contributed by atoms with E-state index in [1.54, 1.807) is 42.5 Å². The summed E-state index contributed by atoms with van der Waals surface area (Å²) in [5, 5.41) is 2.68. The van der Waals surface area contributed by atoms with E-state index in [1.165, 1.54) is 6.92 Å². The summed E-state index contributed by atoms with van der Waals surface area (Å²) >= 11 is 0. The molecular weight excluding hydrogens is 354 g/mol. The van der Waals surface area contributed by atoms with Gasteiger partial charge in [0, 0.05) is 24.7 Å². The van der Waals surface area contributed by atoms with Crippen molar-refractivity contribution in [2.45, 2.75) is 30.7 Å². The number of benzene rings is 2. The van der Waals surface area contributed by atoms with Crippen LogP contribution >= 0.6 is 0 Å². The summed E-state index contributed by atoms with van der Waals surface area (Å²) in [7, 11) is -3.53. The number of hydrogen-bond donors (Lipinski definition) is 2. The lowest BCUT2D eigenvalue weighted by molar-refractivity contribution is -0.114. The number of sulfonamides is 1. The lowest BCUT2D eigenvalue weighted by Gasteiger charge is -2.31. The van der Waals surface area contributed by atoms with Gasteiger partial charge in [-0.05, 0) is 49.2 Å². The molecule has 136 valence electrons. The first-order valence-electron chi connectivity index (χ1n) is 8.38. The molecule has 0 radical (unpaired) electrons. The minimum Gasteiger partial charge on any atom is -0.457 e. The minimum absolute atomic E-state index is 0.147. The molecule has 1 saturated carbocycles. The first-order chi connectivity index (χ1) is 12.4. The van der Waals surface area contributed by atoms with Gasteiger partial charge in [0.2, 0.25) is 15.9 Å². The number of fused-ring (bicyclic) bond motifs is 1. The molecule has 8 heteroatoms. The van der Waals surface area contributed by atoms with Crippen molar-refractivity contribution in [2.75, 3.05) is 16.9 Å². The van der Waals surface area contributed by atoms with Gasteiger partial charge in [0.15, 0.2) is 0 Å². The van der Waals surface area contributed by atoms with Crippen molar-refractivity contribution < 1.29 is 17.9 Å². The Kier molecular flexibility index (Phi) is 4.08. The fourth-order valence-electron chi connectivity index (χ4n) is 2.99. The summed E-state index contributed by atoms with van der Waals surface area (Å²) in [4.78, 5) is 13.4. The van der Waals surface area contributed by atoms with Crippen molar-refractivity contribution in [2.24, 2.45) is 0 Å². The Bertz CT molecular complexity index is 953. The Labute approximate surface area is 152 Å². The predicted molar refractivity (Wildman–Crippen MR) is 98.0 cm³/mol. The molecular formula is C18H19N3O4S. The quantitative estimate of drug-likeness (QED) is 0.860. The summed E-state index contributed by atoms with van der Waals surface area (Å²) in [6.07, 6.45) is 2.17. The molecule has 2 aliphatic rings. The van der Waals surface area contributed by atoms with Gasteiger partial charge in [-0.1, -0.05) is 0 Å². The first kappa shape index (κ1) is 16.9. The fraction of sp³-hybridized carbons (Fsp3) is 0.278. The summed E-state index contributed by atoms with van der Waals surface area (Å²) in [5.41, 5.74) is 1.39. The van der Waals surface area contributed by atoms with Crippen LogP contribution < -0.4 is 19.7 Å². The van der Waals surface area contributed by atoms with Crippen molar-refractivity contribution in [1.29, 1.82) is 0 Å². The molecule has 2 aromatic rings. The first-order valence-corrected chi connectivity index (χ1v) is 9.86. The highest BCUT2D eigenvalue weighted by Gasteiger charge is 2.36. The average Bonchev–Trinajstić information content (AvgIpc) is 3.42. The molecule has 0 atom stereocenters. The Morgan fingerprint density at radius 2 is 1.85 bits per heavy atom. The maximum absolute atomic E-state index is 12.4. The minimum atomic E-state index is -3.53. The molecule has 0 saturated heterocycles. The number of nitrogens with one attached hydrogen (secondary N) is 2. The van der Waals surface area contributed by atoms with E-state index in [0.29, 0.717) is 29.9 Å². The van der Waals surface area contributed by atoms with Crippen molar-refractivity contribution in [3.05, 3.63) is 42.5 Å². The molecule has 4 rings (SSSR count). The standard InChI is InChI=1S/C18H19N3O4S/c1-12(22)20-13-2-6-15(7-3-13)25-16-8-9-17-18(10-16)26(23,24)19-11-21(17)14-4-5-14/h2-3,6-10,14,19H,4-5,11H2,1H3,(H,20,22). The van der Waals surface area contributed by atoms with Gasteiger partial charge >= 0.3 is 0 Å². The van der Waals surface area contributed by atoms with Crippen LogP contribution in [0.4, 0.5) is 11.4 Å². The van der Waals surface area contributed by atoms with E-state index in [-0.39, 0.29) is 10.8 Å². The second kappa shape index (κ2) is 6.30. The summed E-state index contributed by atoms with van der Waals surface area (Å²) in [5.74, 6) is 0.851. The number of carbonyl (C=O) groups is 1. The van der Waals surface area contributed by atoms with Gasteiger partial charge in [-0.2, -0.15) is 4.72 Å². The third-order valence-electron chi connectivity index (χ3n) is 4.35. The molecule has 1 amide bonds. The van der Waals surface area contributed by atoms with E-state index < -0.39 is 10.0 Å². The van der Waals surface area contributed by atoms with Gasteiger partial charge in [-0.15, -0.1) is 0 Å². The van der Waals surface area contributed by atoms with Crippen molar-refractivity contribution in [3.63, 3.8) is 0 Å². The zero-order valence-electron chi connectivity index (χ0n) is 14.2. The number of hydrogen-bond acceptors (Lipinski definition) is 5. The molecule has 7 nitrogen and oxygen atoms in total. The van der Waals surface area contributed by atoms with Gasteiger partial charge in [-0.3, -0.25) is 4.79 Å². The van der Waals surface area contributed by atoms with Gasteiger partial charge in [-0.25, -0.2) is 8.42 Å². The highest BCUT2D eigenvalue weighted by Crippen LogP contribution is 2.39. The van der Waals surface area contributed by atoms with E-state index in [9.17, 15) is 13.2 Å². The monoisotopic (exact) mass is 373 g/mol. The van der Waals surface area contributed by atoms with E-state index >= 15 is 0 Å². The summed E-state index contributed by atoms with van der Waals surface area (Å²) in [6, 6.07) is 12.4. The topological polar surface area (TPSA) is 87.7 Å². The van der Waals surface area contributed by atoms with Crippen LogP contribution in [0.2, 0.25) is 0 Å². The molecule has 1 heterocycles.